The van der Waals surface area contributed by atoms with Gasteiger partial charge in [0.1, 0.15) is 0 Å². The van der Waals surface area contributed by atoms with E-state index < -0.39 is 0 Å². The second kappa shape index (κ2) is 2.58. The van der Waals surface area contributed by atoms with E-state index in [1.807, 2.05) is 0 Å². The highest BCUT2D eigenvalue weighted by Gasteiger charge is 1.99. The third-order valence-corrected chi connectivity index (χ3v) is 1.26. The van der Waals surface area contributed by atoms with Crippen LogP contribution in [0.2, 0.25) is 0 Å². The highest BCUT2D eigenvalue weighted by molar-refractivity contribution is 5.40. The van der Waals surface area contributed by atoms with E-state index in [1.54, 1.807) is 6.07 Å². The highest BCUT2D eigenvalue weighted by atomic mass is 16.3. The van der Waals surface area contributed by atoms with Gasteiger partial charge in [0.25, 0.3) is 0 Å². The molecule has 3 heteroatoms. The maximum Gasteiger partial charge on any atom is 0.220 e. The molecule has 3 nitrogen and oxygen atoms in total. The van der Waals surface area contributed by atoms with Crippen LogP contribution in [0.4, 0.5) is 0 Å². The Morgan fingerprint density at radius 1 is 1.50 bits per heavy atom. The minimum atomic E-state index is -0.372. The second-order valence-electron chi connectivity index (χ2n) is 2.01. The predicted molar refractivity (Wildman–Crippen MR) is 36.1 cm³/mol. The Labute approximate surface area is 58.7 Å². The Bertz CT molecular complexity index is 235. The Hall–Kier alpha value is -1.22. The lowest BCUT2D eigenvalue weighted by Crippen LogP contribution is -1.94. The number of benzene rings is 1. The molecule has 3 N–H and O–H groups in total. The zero-order valence-corrected chi connectivity index (χ0v) is 5.37. The molecule has 0 bridgehead atoms. The fourth-order valence-electron chi connectivity index (χ4n) is 0.686. The van der Waals surface area contributed by atoms with Crippen molar-refractivity contribution >= 4 is 0 Å². The number of nitrogens with two attached hydrogens (primary N) is 1. The zero-order valence-electron chi connectivity index (χ0n) is 5.37. The smallest absolute Gasteiger partial charge is 0.220 e. The average molecular weight is 138 g/mol. The maximum atomic E-state index is 10.7. The van der Waals surface area contributed by atoms with Gasteiger partial charge in [-0.25, -0.2) is 0 Å². The van der Waals surface area contributed by atoms with E-state index >= 15 is 0 Å². The summed E-state index contributed by atoms with van der Waals surface area (Å²) in [6.45, 7) is 0.329. The number of phenolic OH excluding ortho intramolecular Hbond substituents is 1. The summed E-state index contributed by atoms with van der Waals surface area (Å²) in [7, 11) is 0. The van der Waals surface area contributed by atoms with Crippen molar-refractivity contribution in [3.63, 3.8) is 0 Å². The number of hydrogen-bond donors (Lipinski definition) is 2. The third-order valence-electron chi connectivity index (χ3n) is 1.26. The molecule has 0 spiro atoms. The van der Waals surface area contributed by atoms with Crippen molar-refractivity contribution in [2.75, 3.05) is 0 Å². The lowest BCUT2D eigenvalue weighted by Gasteiger charge is -1.96. The Balaban J connectivity index is 3.04. The predicted octanol–water partition coefficient (Wildman–Crippen LogP) is 0.995. The van der Waals surface area contributed by atoms with E-state index in [2.05, 4.69) is 0 Å². The van der Waals surface area contributed by atoms with E-state index in [1.165, 1.54) is 12.1 Å². The second-order valence-corrected chi connectivity index (χ2v) is 2.01. The van der Waals surface area contributed by atoms with Gasteiger partial charge in [-0.15, -0.1) is 0 Å². The van der Waals surface area contributed by atoms with Crippen LogP contribution in [0, 0.1) is 0 Å². The summed E-state index contributed by atoms with van der Waals surface area (Å²) in [6.07, 6.45) is 0. The van der Waals surface area contributed by atoms with Crippen molar-refractivity contribution in [1.82, 2.24) is 0 Å². The quantitative estimate of drug-likeness (QED) is 0.607. The molecule has 0 saturated heterocycles. The summed E-state index contributed by atoms with van der Waals surface area (Å²) < 4.78 is 0. The first kappa shape index (κ1) is 6.89. The minimum absolute atomic E-state index is 0.225. The fourth-order valence-corrected chi connectivity index (χ4v) is 0.686. The van der Waals surface area contributed by atoms with Gasteiger partial charge >= 0.3 is 0 Å². The SMILES string of the molecule is NCc1ccc(O)c([O])c1. The molecule has 0 heterocycles. The third kappa shape index (κ3) is 1.19. The average Bonchev–Trinajstić information content (AvgIpc) is 1.95. The molecule has 0 saturated carbocycles. The molecular formula is C7H8NO2. The van der Waals surface area contributed by atoms with Gasteiger partial charge in [-0.2, -0.15) is 0 Å². The van der Waals surface area contributed by atoms with Crippen LogP contribution in [0.1, 0.15) is 5.56 Å². The Kier molecular flexibility index (Phi) is 1.78. The van der Waals surface area contributed by atoms with Crippen molar-refractivity contribution in [3.8, 4) is 11.5 Å². The molecular weight excluding hydrogens is 130 g/mol. The molecule has 0 atom stereocenters. The van der Waals surface area contributed by atoms with Crippen LogP contribution in [0.3, 0.4) is 0 Å². The van der Waals surface area contributed by atoms with E-state index in [0.717, 1.165) is 5.56 Å². The van der Waals surface area contributed by atoms with Crippen molar-refractivity contribution in [2.45, 2.75) is 6.54 Å². The van der Waals surface area contributed by atoms with Gasteiger partial charge in [-0.05, 0) is 17.7 Å². The van der Waals surface area contributed by atoms with E-state index in [0.29, 0.717) is 6.54 Å². The summed E-state index contributed by atoms with van der Waals surface area (Å²) in [5.41, 5.74) is 5.99. The molecule has 10 heavy (non-hydrogen) atoms. The molecule has 53 valence electrons. The lowest BCUT2D eigenvalue weighted by molar-refractivity contribution is 0.324. The van der Waals surface area contributed by atoms with Crippen molar-refractivity contribution in [3.05, 3.63) is 23.8 Å². The van der Waals surface area contributed by atoms with Crippen LogP contribution in [-0.2, 0) is 11.7 Å². The van der Waals surface area contributed by atoms with E-state index in [9.17, 15) is 5.11 Å². The topological polar surface area (TPSA) is 66.2 Å². The van der Waals surface area contributed by atoms with Gasteiger partial charge in [0.05, 0.1) is 0 Å². The van der Waals surface area contributed by atoms with Gasteiger partial charge < -0.3 is 10.8 Å². The Morgan fingerprint density at radius 3 is 2.70 bits per heavy atom. The van der Waals surface area contributed by atoms with Crippen molar-refractivity contribution in [1.29, 1.82) is 0 Å². The highest BCUT2D eigenvalue weighted by Crippen LogP contribution is 2.25. The molecule has 0 aromatic heterocycles. The molecule has 0 fully saturated rings. The van der Waals surface area contributed by atoms with Crippen LogP contribution in [0.25, 0.3) is 0 Å². The van der Waals surface area contributed by atoms with Gasteiger partial charge in [-0.3, -0.25) is 5.11 Å². The molecule has 0 unspecified atom stereocenters. The fraction of sp³-hybridized carbons (Fsp3) is 0.143. The first-order valence-corrected chi connectivity index (χ1v) is 2.93. The van der Waals surface area contributed by atoms with Crippen molar-refractivity contribution in [2.24, 2.45) is 5.73 Å². The zero-order chi connectivity index (χ0) is 7.56. The molecule has 0 aliphatic rings. The molecule has 0 amide bonds. The largest absolute Gasteiger partial charge is 0.504 e. The number of aromatic hydroxyl groups is 1. The Morgan fingerprint density at radius 2 is 2.20 bits per heavy atom. The van der Waals surface area contributed by atoms with Gasteiger partial charge in [-0.1, -0.05) is 6.07 Å². The van der Waals surface area contributed by atoms with Gasteiger partial charge in [0, 0.05) is 6.54 Å². The van der Waals surface area contributed by atoms with Crippen molar-refractivity contribution < 1.29 is 10.2 Å². The van der Waals surface area contributed by atoms with Crippen LogP contribution < -0.4 is 5.73 Å². The van der Waals surface area contributed by atoms with E-state index in [4.69, 9.17) is 10.8 Å². The van der Waals surface area contributed by atoms with Gasteiger partial charge in [0.15, 0.2) is 5.75 Å². The number of hydrogen-bond acceptors (Lipinski definition) is 2. The number of phenols is 1. The van der Waals surface area contributed by atoms with Crippen LogP contribution in [-0.4, -0.2) is 5.11 Å². The summed E-state index contributed by atoms with van der Waals surface area (Å²) in [4.78, 5) is 0. The molecule has 0 aliphatic heterocycles. The monoisotopic (exact) mass is 138 g/mol. The number of rotatable bonds is 1. The minimum Gasteiger partial charge on any atom is -0.504 e. The standard InChI is InChI=1S/C7H8NO2/c8-4-5-1-2-6(9)7(10)3-5/h1-3,9H,4,8H2. The summed E-state index contributed by atoms with van der Waals surface area (Å²) >= 11 is 0. The molecule has 1 aromatic rings. The summed E-state index contributed by atoms with van der Waals surface area (Å²) in [5.74, 6) is -0.597. The van der Waals surface area contributed by atoms with Gasteiger partial charge in [0.2, 0.25) is 5.75 Å². The van der Waals surface area contributed by atoms with Crippen LogP contribution in [0.5, 0.6) is 11.5 Å². The molecule has 1 aromatic carbocycles. The first-order valence-electron chi connectivity index (χ1n) is 2.93. The normalized spacial score (nSPS) is 9.70. The first-order chi connectivity index (χ1) is 4.74. The summed E-state index contributed by atoms with van der Waals surface area (Å²) in [6, 6.07) is 4.30. The van der Waals surface area contributed by atoms with E-state index in [-0.39, 0.29) is 11.5 Å². The maximum absolute atomic E-state index is 10.7. The summed E-state index contributed by atoms with van der Waals surface area (Å²) in [5, 5.41) is 19.5. The van der Waals surface area contributed by atoms with Crippen LogP contribution in [0.15, 0.2) is 18.2 Å². The molecule has 1 rings (SSSR count). The lowest BCUT2D eigenvalue weighted by atomic mass is 10.2. The molecule has 1 radical (unpaired) electrons. The van der Waals surface area contributed by atoms with Crippen LogP contribution >= 0.6 is 0 Å². The molecule has 0 aliphatic carbocycles.